The van der Waals surface area contributed by atoms with Crippen molar-refractivity contribution in [2.45, 2.75) is 70.8 Å². The van der Waals surface area contributed by atoms with Crippen LogP contribution < -0.4 is 10.2 Å². The predicted molar refractivity (Wildman–Crippen MR) is 146 cm³/mol. The van der Waals surface area contributed by atoms with Gasteiger partial charge in [-0.05, 0) is 100 Å². The molecule has 2 N–H and O–H groups in total. The van der Waals surface area contributed by atoms with E-state index in [-0.39, 0.29) is 35.4 Å². The van der Waals surface area contributed by atoms with Gasteiger partial charge in [0, 0.05) is 49.7 Å². The van der Waals surface area contributed by atoms with E-state index in [4.69, 9.17) is 5.41 Å². The number of fused-ring (bicyclic) bond motifs is 1. The van der Waals surface area contributed by atoms with Gasteiger partial charge in [0.05, 0.1) is 12.1 Å². The van der Waals surface area contributed by atoms with Crippen LogP contribution in [0.3, 0.4) is 0 Å². The van der Waals surface area contributed by atoms with E-state index in [0.717, 1.165) is 100 Å². The molecule has 4 fully saturated rings. The van der Waals surface area contributed by atoms with Crippen molar-refractivity contribution in [1.82, 2.24) is 15.1 Å². The first kappa shape index (κ1) is 25.4. The molecule has 2 saturated carbocycles. The van der Waals surface area contributed by atoms with E-state index in [1.165, 1.54) is 0 Å². The Morgan fingerprint density at radius 2 is 1.84 bits per heavy atom. The van der Waals surface area contributed by atoms with Crippen LogP contribution in [0.2, 0.25) is 0 Å². The zero-order chi connectivity index (χ0) is 26.6. The van der Waals surface area contributed by atoms with E-state index >= 15 is 0 Å². The molecule has 7 nitrogen and oxygen atoms in total. The number of anilines is 1. The minimum Gasteiger partial charge on any atom is -0.379 e. The van der Waals surface area contributed by atoms with Crippen LogP contribution in [0.25, 0.3) is 0 Å². The maximum Gasteiger partial charge on any atom is 0.272 e. The summed E-state index contributed by atoms with van der Waals surface area (Å²) in [4.78, 5) is 32.8. The molecule has 38 heavy (non-hydrogen) atoms. The average molecular weight is 522 g/mol. The normalized spacial score (nSPS) is 25.8. The van der Waals surface area contributed by atoms with Gasteiger partial charge >= 0.3 is 0 Å². The number of piperidine rings is 1. The van der Waals surface area contributed by atoms with E-state index in [1.54, 1.807) is 6.07 Å². The Morgan fingerprint density at radius 3 is 2.58 bits per heavy atom. The molecule has 0 bridgehead atoms. The highest BCUT2D eigenvalue weighted by molar-refractivity contribution is 6.44. The molecule has 3 aliphatic carbocycles. The Hall–Kier alpha value is -2.90. The Bertz CT molecular complexity index is 1200. The van der Waals surface area contributed by atoms with Crippen molar-refractivity contribution in [2.75, 3.05) is 44.2 Å². The molecule has 2 atom stereocenters. The molecule has 0 aromatic heterocycles. The fourth-order valence-electron chi connectivity index (χ4n) is 7.04. The fraction of sp³-hybridized carbons (Fsp3) is 0.633. The number of allylic oxidation sites excluding steroid dienone is 1. The molecule has 2 saturated heterocycles. The summed E-state index contributed by atoms with van der Waals surface area (Å²) in [6, 6.07) is 3.42. The van der Waals surface area contributed by atoms with Crippen LogP contribution >= 0.6 is 0 Å². The minimum absolute atomic E-state index is 0.0906. The number of rotatable bonds is 6. The van der Waals surface area contributed by atoms with E-state index in [9.17, 15) is 14.0 Å². The van der Waals surface area contributed by atoms with E-state index in [1.807, 2.05) is 24.8 Å². The highest BCUT2D eigenvalue weighted by atomic mass is 19.1. The second-order valence-corrected chi connectivity index (χ2v) is 12.1. The van der Waals surface area contributed by atoms with Gasteiger partial charge in [0.25, 0.3) is 5.91 Å². The quantitative estimate of drug-likeness (QED) is 0.556. The minimum atomic E-state index is -0.174. The lowest BCUT2D eigenvalue weighted by Crippen LogP contribution is -2.58. The molecule has 1 unspecified atom stereocenters. The number of likely N-dealkylation sites (tertiary alicyclic amines) is 1. The Kier molecular flexibility index (Phi) is 6.47. The van der Waals surface area contributed by atoms with Crippen LogP contribution in [-0.4, -0.2) is 72.1 Å². The predicted octanol–water partition coefficient (Wildman–Crippen LogP) is 3.93. The number of benzene rings is 1. The third kappa shape index (κ3) is 4.50. The lowest BCUT2D eigenvalue weighted by atomic mass is 9.91. The molecule has 8 heteroatoms. The molecule has 1 aromatic carbocycles. The second kappa shape index (κ2) is 9.69. The van der Waals surface area contributed by atoms with Crippen molar-refractivity contribution >= 4 is 23.2 Å². The van der Waals surface area contributed by atoms with Crippen molar-refractivity contribution in [1.29, 1.82) is 5.41 Å². The molecule has 5 aliphatic rings. The zero-order valence-electron chi connectivity index (χ0n) is 22.7. The molecule has 0 radical (unpaired) electrons. The van der Waals surface area contributed by atoms with Crippen LogP contribution in [0.5, 0.6) is 0 Å². The van der Waals surface area contributed by atoms with Crippen LogP contribution in [-0.2, 0) is 9.59 Å². The summed E-state index contributed by atoms with van der Waals surface area (Å²) in [6.07, 6.45) is 8.08. The molecule has 1 spiro atoms. The van der Waals surface area contributed by atoms with Crippen molar-refractivity contribution < 1.29 is 14.0 Å². The average Bonchev–Trinajstić information content (AvgIpc) is 3.87. The molecule has 6 rings (SSSR count). The molecule has 2 amide bonds. The van der Waals surface area contributed by atoms with Crippen LogP contribution in [0.1, 0.15) is 62.5 Å². The molecule has 204 valence electrons. The maximum atomic E-state index is 14.0. The first-order valence-electron chi connectivity index (χ1n) is 14.5. The van der Waals surface area contributed by atoms with E-state index in [0.29, 0.717) is 23.9 Å². The van der Waals surface area contributed by atoms with Crippen molar-refractivity contribution in [3.05, 3.63) is 40.3 Å². The Labute approximate surface area is 224 Å². The number of carbonyl (C=O) groups is 2. The van der Waals surface area contributed by atoms with Crippen LogP contribution in [0, 0.1) is 36.9 Å². The first-order valence-corrected chi connectivity index (χ1v) is 14.5. The summed E-state index contributed by atoms with van der Waals surface area (Å²) in [7, 11) is 0. The summed E-state index contributed by atoms with van der Waals surface area (Å²) < 4.78 is 14.0. The smallest absolute Gasteiger partial charge is 0.272 e. The second-order valence-electron chi connectivity index (χ2n) is 12.1. The number of nitrogens with one attached hydrogen (secondary N) is 2. The highest BCUT2D eigenvalue weighted by Gasteiger charge is 2.53. The SMILES string of the molecule is Cc1c(F)ccc(N2CCN(C(=O)CNC3=C(C(=N)C(=O)N4CCCCC4)[C@H]4CC4CC3)C3(CC3)C2)c1C. The Balaban J connectivity index is 1.13. The number of hydrogen-bond donors (Lipinski definition) is 2. The molecule has 1 aromatic rings. The van der Waals surface area contributed by atoms with Gasteiger partial charge in [0.2, 0.25) is 5.91 Å². The van der Waals surface area contributed by atoms with Gasteiger partial charge < -0.3 is 20.0 Å². The van der Waals surface area contributed by atoms with Gasteiger partial charge in [-0.2, -0.15) is 0 Å². The highest BCUT2D eigenvalue weighted by Crippen LogP contribution is 2.52. The lowest BCUT2D eigenvalue weighted by molar-refractivity contribution is -0.133. The summed E-state index contributed by atoms with van der Waals surface area (Å²) >= 11 is 0. The summed E-state index contributed by atoms with van der Waals surface area (Å²) in [6.45, 7) is 7.65. The summed E-state index contributed by atoms with van der Waals surface area (Å²) in [5, 5.41) is 12.2. The largest absolute Gasteiger partial charge is 0.379 e. The molecular formula is C30H40FN5O2. The van der Waals surface area contributed by atoms with Gasteiger partial charge in [-0.1, -0.05) is 0 Å². The third-order valence-electron chi connectivity index (χ3n) is 9.78. The molecular weight excluding hydrogens is 481 g/mol. The van der Waals surface area contributed by atoms with Gasteiger partial charge in [-0.15, -0.1) is 0 Å². The van der Waals surface area contributed by atoms with Gasteiger partial charge in [-0.25, -0.2) is 4.39 Å². The number of amides is 2. The third-order valence-corrected chi connectivity index (χ3v) is 9.78. The molecule has 2 aliphatic heterocycles. The van der Waals surface area contributed by atoms with Crippen LogP contribution in [0.4, 0.5) is 10.1 Å². The number of nitrogens with zero attached hydrogens (tertiary/aromatic N) is 3. The zero-order valence-corrected chi connectivity index (χ0v) is 22.7. The van der Waals surface area contributed by atoms with Gasteiger partial charge in [0.1, 0.15) is 11.5 Å². The first-order chi connectivity index (χ1) is 18.3. The lowest BCUT2D eigenvalue weighted by Gasteiger charge is -2.44. The van der Waals surface area contributed by atoms with E-state index < -0.39 is 0 Å². The fourth-order valence-corrected chi connectivity index (χ4v) is 7.04. The number of halogens is 1. The van der Waals surface area contributed by atoms with E-state index in [2.05, 4.69) is 15.1 Å². The standard InChI is InChI=1S/C30H40FN5O2/c1-19-20(2)25(9-7-23(19)31)35-14-15-36(30(18-35)10-11-30)26(37)17-33-24-8-6-21-16-22(21)27(24)28(32)29(38)34-12-4-3-5-13-34/h7,9,21-22,32-33H,3-6,8,10-18H2,1-2H3/t21?,22-/m0/s1. The van der Waals surface area contributed by atoms with Gasteiger partial charge in [0.15, 0.2) is 0 Å². The van der Waals surface area contributed by atoms with Gasteiger partial charge in [-0.3, -0.25) is 15.0 Å². The topological polar surface area (TPSA) is 79.7 Å². The Morgan fingerprint density at radius 1 is 1.08 bits per heavy atom. The number of hydrogen-bond acceptors (Lipinski definition) is 5. The monoisotopic (exact) mass is 521 g/mol. The van der Waals surface area contributed by atoms with Crippen molar-refractivity contribution in [3.63, 3.8) is 0 Å². The number of carbonyl (C=O) groups excluding carboxylic acids is 2. The summed E-state index contributed by atoms with van der Waals surface area (Å²) in [5.74, 6) is 0.655. The maximum absolute atomic E-state index is 14.0. The van der Waals surface area contributed by atoms with Crippen LogP contribution in [0.15, 0.2) is 23.4 Å². The van der Waals surface area contributed by atoms with Crippen molar-refractivity contribution in [2.24, 2.45) is 11.8 Å². The number of piperazine rings is 1. The molecule has 2 heterocycles. The summed E-state index contributed by atoms with van der Waals surface area (Å²) in [5.41, 5.74) is 4.53. The van der Waals surface area contributed by atoms with Crippen molar-refractivity contribution in [3.8, 4) is 0 Å².